The SMILES string of the molecule is Nc1ccc(C(=O)NCCCO)c(N)c1. The van der Waals surface area contributed by atoms with Gasteiger partial charge in [0.1, 0.15) is 0 Å². The lowest BCUT2D eigenvalue weighted by Gasteiger charge is -2.07. The molecule has 5 heteroatoms. The molecule has 0 saturated carbocycles. The number of aliphatic hydroxyl groups excluding tert-OH is 1. The van der Waals surface area contributed by atoms with Gasteiger partial charge >= 0.3 is 0 Å². The van der Waals surface area contributed by atoms with Crippen molar-refractivity contribution in [3.05, 3.63) is 23.8 Å². The fourth-order valence-electron chi connectivity index (χ4n) is 1.16. The van der Waals surface area contributed by atoms with Gasteiger partial charge in [0.2, 0.25) is 0 Å². The van der Waals surface area contributed by atoms with E-state index in [1.807, 2.05) is 0 Å². The van der Waals surface area contributed by atoms with Crippen LogP contribution in [-0.2, 0) is 0 Å². The highest BCUT2D eigenvalue weighted by Crippen LogP contribution is 2.15. The molecule has 1 aromatic rings. The maximum atomic E-state index is 11.5. The lowest BCUT2D eigenvalue weighted by Crippen LogP contribution is -2.25. The molecule has 15 heavy (non-hydrogen) atoms. The summed E-state index contributed by atoms with van der Waals surface area (Å²) in [5, 5.41) is 11.2. The summed E-state index contributed by atoms with van der Waals surface area (Å²) in [7, 11) is 0. The molecule has 1 aromatic carbocycles. The minimum Gasteiger partial charge on any atom is -0.399 e. The first-order valence-electron chi connectivity index (χ1n) is 4.69. The van der Waals surface area contributed by atoms with Gasteiger partial charge in [-0.1, -0.05) is 0 Å². The van der Waals surface area contributed by atoms with Crippen molar-refractivity contribution in [2.75, 3.05) is 24.6 Å². The normalized spacial score (nSPS) is 9.93. The fraction of sp³-hybridized carbons (Fsp3) is 0.300. The minimum absolute atomic E-state index is 0.0531. The van der Waals surface area contributed by atoms with Crippen LogP contribution in [0, 0.1) is 0 Å². The van der Waals surface area contributed by atoms with Crippen LogP contribution in [0.1, 0.15) is 16.8 Å². The zero-order chi connectivity index (χ0) is 11.3. The summed E-state index contributed by atoms with van der Waals surface area (Å²) in [6.45, 7) is 0.483. The third-order valence-electron chi connectivity index (χ3n) is 1.94. The summed E-state index contributed by atoms with van der Waals surface area (Å²) < 4.78 is 0. The van der Waals surface area contributed by atoms with Crippen molar-refractivity contribution in [2.45, 2.75) is 6.42 Å². The van der Waals surface area contributed by atoms with Crippen molar-refractivity contribution in [3.63, 3.8) is 0 Å². The van der Waals surface area contributed by atoms with E-state index >= 15 is 0 Å². The number of anilines is 2. The molecule has 0 aliphatic heterocycles. The summed E-state index contributed by atoms with van der Waals surface area (Å²) in [5.41, 5.74) is 12.4. The first-order valence-corrected chi connectivity index (χ1v) is 4.69. The maximum absolute atomic E-state index is 11.5. The van der Waals surface area contributed by atoms with E-state index in [1.165, 1.54) is 0 Å². The van der Waals surface area contributed by atoms with Crippen molar-refractivity contribution < 1.29 is 9.90 Å². The number of hydrogen-bond donors (Lipinski definition) is 4. The second kappa shape index (κ2) is 5.21. The van der Waals surface area contributed by atoms with Gasteiger partial charge in [0, 0.05) is 24.5 Å². The van der Waals surface area contributed by atoms with Crippen LogP contribution < -0.4 is 16.8 Å². The van der Waals surface area contributed by atoms with Gasteiger partial charge in [0.25, 0.3) is 5.91 Å². The molecule has 0 spiro atoms. The van der Waals surface area contributed by atoms with Crippen LogP contribution in [0.2, 0.25) is 0 Å². The van der Waals surface area contributed by atoms with Crippen molar-refractivity contribution in [1.82, 2.24) is 5.32 Å². The van der Waals surface area contributed by atoms with Crippen LogP contribution in [0.25, 0.3) is 0 Å². The molecule has 0 radical (unpaired) electrons. The number of carbonyl (C=O) groups excluding carboxylic acids is 1. The minimum atomic E-state index is -0.249. The molecule has 0 fully saturated rings. The van der Waals surface area contributed by atoms with E-state index in [4.69, 9.17) is 16.6 Å². The van der Waals surface area contributed by atoms with Crippen LogP contribution >= 0.6 is 0 Å². The molecule has 0 saturated heterocycles. The van der Waals surface area contributed by atoms with Crippen molar-refractivity contribution in [2.24, 2.45) is 0 Å². The predicted octanol–water partition coefficient (Wildman–Crippen LogP) is -0.0368. The maximum Gasteiger partial charge on any atom is 0.253 e. The number of amides is 1. The summed E-state index contributed by atoms with van der Waals surface area (Å²) in [4.78, 5) is 11.5. The van der Waals surface area contributed by atoms with Gasteiger partial charge in [-0.15, -0.1) is 0 Å². The molecule has 82 valence electrons. The molecule has 0 bridgehead atoms. The van der Waals surface area contributed by atoms with Gasteiger partial charge in [0.15, 0.2) is 0 Å². The zero-order valence-electron chi connectivity index (χ0n) is 8.36. The number of nitrogen functional groups attached to an aromatic ring is 2. The molecule has 0 aliphatic rings. The zero-order valence-corrected chi connectivity index (χ0v) is 8.36. The van der Waals surface area contributed by atoms with Crippen LogP contribution in [-0.4, -0.2) is 24.2 Å². The average Bonchev–Trinajstić information content (AvgIpc) is 2.17. The quantitative estimate of drug-likeness (QED) is 0.413. The molecule has 0 atom stereocenters. The molecule has 0 heterocycles. The summed E-state index contributed by atoms with van der Waals surface area (Å²) in [6, 6.07) is 4.75. The Balaban J connectivity index is 2.65. The number of nitrogens with two attached hydrogens (primary N) is 2. The molecule has 6 N–H and O–H groups in total. The molecule has 1 amide bonds. The fourth-order valence-corrected chi connectivity index (χ4v) is 1.16. The van der Waals surface area contributed by atoms with E-state index in [2.05, 4.69) is 5.32 Å². The number of hydrogen-bond acceptors (Lipinski definition) is 4. The molecular weight excluding hydrogens is 194 g/mol. The number of aliphatic hydroxyl groups is 1. The van der Waals surface area contributed by atoms with Crippen molar-refractivity contribution in [3.8, 4) is 0 Å². The Kier molecular flexibility index (Phi) is 3.93. The van der Waals surface area contributed by atoms with E-state index in [-0.39, 0.29) is 12.5 Å². The van der Waals surface area contributed by atoms with Crippen LogP contribution in [0.3, 0.4) is 0 Å². The van der Waals surface area contributed by atoms with Gasteiger partial charge in [-0.3, -0.25) is 4.79 Å². The molecule has 0 unspecified atom stereocenters. The Morgan fingerprint density at radius 1 is 1.40 bits per heavy atom. The Morgan fingerprint density at radius 3 is 2.73 bits per heavy atom. The van der Waals surface area contributed by atoms with E-state index < -0.39 is 0 Å². The van der Waals surface area contributed by atoms with E-state index in [1.54, 1.807) is 18.2 Å². The lowest BCUT2D eigenvalue weighted by molar-refractivity contribution is 0.0952. The molecule has 0 aliphatic carbocycles. The van der Waals surface area contributed by atoms with E-state index in [0.717, 1.165) is 0 Å². The number of nitrogens with one attached hydrogen (secondary N) is 1. The lowest BCUT2D eigenvalue weighted by atomic mass is 10.1. The topological polar surface area (TPSA) is 101 Å². The van der Waals surface area contributed by atoms with Gasteiger partial charge < -0.3 is 21.9 Å². The van der Waals surface area contributed by atoms with Crippen molar-refractivity contribution in [1.29, 1.82) is 0 Å². The van der Waals surface area contributed by atoms with E-state index in [0.29, 0.717) is 29.9 Å². The molecule has 0 aromatic heterocycles. The Hall–Kier alpha value is -1.75. The summed E-state index contributed by atoms with van der Waals surface area (Å²) in [5.74, 6) is -0.249. The molecule has 5 nitrogen and oxygen atoms in total. The molecular formula is C10H15N3O2. The standard InChI is InChI=1S/C10H15N3O2/c11-7-2-3-8(9(12)6-7)10(15)13-4-1-5-14/h2-3,6,14H,1,4-5,11-12H2,(H,13,15). The monoisotopic (exact) mass is 209 g/mol. The Morgan fingerprint density at radius 2 is 2.13 bits per heavy atom. The smallest absolute Gasteiger partial charge is 0.253 e. The highest BCUT2D eigenvalue weighted by molar-refractivity contribution is 5.99. The second-order valence-electron chi connectivity index (χ2n) is 3.18. The number of carbonyl (C=O) groups is 1. The van der Waals surface area contributed by atoms with Crippen molar-refractivity contribution >= 4 is 17.3 Å². The van der Waals surface area contributed by atoms with E-state index in [9.17, 15) is 4.79 Å². The van der Waals surface area contributed by atoms with Crippen LogP contribution in [0.5, 0.6) is 0 Å². The third kappa shape index (κ3) is 3.14. The third-order valence-corrected chi connectivity index (χ3v) is 1.94. The highest BCUT2D eigenvalue weighted by Gasteiger charge is 2.08. The molecule has 1 rings (SSSR count). The largest absolute Gasteiger partial charge is 0.399 e. The highest BCUT2D eigenvalue weighted by atomic mass is 16.3. The van der Waals surface area contributed by atoms with Gasteiger partial charge in [-0.2, -0.15) is 0 Å². The Labute approximate surface area is 88.1 Å². The first kappa shape index (κ1) is 11.3. The van der Waals surface area contributed by atoms with Crippen LogP contribution in [0.4, 0.5) is 11.4 Å². The average molecular weight is 209 g/mol. The number of rotatable bonds is 4. The first-order chi connectivity index (χ1) is 7.15. The predicted molar refractivity (Wildman–Crippen MR) is 59.3 cm³/mol. The number of benzene rings is 1. The van der Waals surface area contributed by atoms with Crippen LogP contribution in [0.15, 0.2) is 18.2 Å². The van der Waals surface area contributed by atoms with Gasteiger partial charge in [0.05, 0.1) is 5.56 Å². The second-order valence-corrected chi connectivity index (χ2v) is 3.18. The van der Waals surface area contributed by atoms with Gasteiger partial charge in [-0.05, 0) is 24.6 Å². The summed E-state index contributed by atoms with van der Waals surface area (Å²) in [6.07, 6.45) is 0.528. The van der Waals surface area contributed by atoms with Gasteiger partial charge in [-0.25, -0.2) is 0 Å². The Bertz CT molecular complexity index is 353. The summed E-state index contributed by atoms with van der Waals surface area (Å²) >= 11 is 0.